The van der Waals surface area contributed by atoms with Crippen molar-refractivity contribution in [1.29, 1.82) is 0 Å². The summed E-state index contributed by atoms with van der Waals surface area (Å²) in [5, 5.41) is 5.02. The van der Waals surface area contributed by atoms with Crippen LogP contribution in [0.4, 0.5) is 10.8 Å². The monoisotopic (exact) mass is 360 g/mol. The highest BCUT2D eigenvalue weighted by Gasteiger charge is 2.34. The first-order valence-corrected chi connectivity index (χ1v) is 9.35. The van der Waals surface area contributed by atoms with Crippen molar-refractivity contribution < 1.29 is 4.79 Å². The number of rotatable bonds is 3. The standard InChI is InChI=1S/C20H16N4OS/c25-19(22-16-8-3-7-15-14(16)5-4-10-21-15)13-11-24(12-13)20-23-17-6-1-2-9-18(17)26-20/h1-10,13H,11-12H2,(H,22,25). The Morgan fingerprint density at radius 3 is 2.77 bits per heavy atom. The van der Waals surface area contributed by atoms with Crippen molar-refractivity contribution in [2.45, 2.75) is 0 Å². The average molecular weight is 360 g/mol. The predicted molar refractivity (Wildman–Crippen MR) is 106 cm³/mol. The summed E-state index contributed by atoms with van der Waals surface area (Å²) < 4.78 is 1.18. The third-order valence-corrected chi connectivity index (χ3v) is 5.81. The van der Waals surface area contributed by atoms with E-state index in [0.29, 0.717) is 13.1 Å². The van der Waals surface area contributed by atoms with Crippen LogP contribution in [0.25, 0.3) is 21.1 Å². The number of nitrogens with zero attached hydrogens (tertiary/aromatic N) is 3. The molecule has 6 heteroatoms. The van der Waals surface area contributed by atoms with Crippen molar-refractivity contribution in [2.75, 3.05) is 23.3 Å². The molecule has 0 aliphatic carbocycles. The number of carbonyl (C=O) groups is 1. The second-order valence-electron chi connectivity index (χ2n) is 6.43. The van der Waals surface area contributed by atoms with Crippen LogP contribution < -0.4 is 10.2 Å². The van der Waals surface area contributed by atoms with Gasteiger partial charge in [-0.2, -0.15) is 0 Å². The third kappa shape index (κ3) is 2.59. The number of anilines is 2. The second-order valence-corrected chi connectivity index (χ2v) is 7.44. The van der Waals surface area contributed by atoms with Crippen LogP contribution in [0.15, 0.2) is 60.8 Å². The van der Waals surface area contributed by atoms with E-state index in [4.69, 9.17) is 0 Å². The summed E-state index contributed by atoms with van der Waals surface area (Å²) in [6, 6.07) is 17.8. The lowest BCUT2D eigenvalue weighted by molar-refractivity contribution is -0.120. The van der Waals surface area contributed by atoms with E-state index >= 15 is 0 Å². The smallest absolute Gasteiger partial charge is 0.231 e. The molecule has 2 aromatic carbocycles. The maximum atomic E-state index is 12.6. The molecule has 26 heavy (non-hydrogen) atoms. The van der Waals surface area contributed by atoms with Crippen LogP contribution in [0.5, 0.6) is 0 Å². The molecule has 0 unspecified atom stereocenters. The topological polar surface area (TPSA) is 58.1 Å². The Labute approximate surface area is 154 Å². The fourth-order valence-corrected chi connectivity index (χ4v) is 4.23. The number of fused-ring (bicyclic) bond motifs is 2. The number of nitrogens with one attached hydrogen (secondary N) is 1. The molecule has 0 radical (unpaired) electrons. The van der Waals surface area contributed by atoms with Gasteiger partial charge in [0.05, 0.1) is 27.3 Å². The summed E-state index contributed by atoms with van der Waals surface area (Å²) in [5.41, 5.74) is 2.72. The number of carbonyl (C=O) groups excluding carboxylic acids is 1. The molecule has 3 heterocycles. The molecular formula is C20H16N4OS. The number of para-hydroxylation sites is 1. The quantitative estimate of drug-likeness (QED) is 0.602. The van der Waals surface area contributed by atoms with Crippen molar-refractivity contribution in [3.8, 4) is 0 Å². The van der Waals surface area contributed by atoms with E-state index in [0.717, 1.165) is 27.2 Å². The molecule has 5 nitrogen and oxygen atoms in total. The number of aromatic nitrogens is 2. The zero-order valence-electron chi connectivity index (χ0n) is 13.9. The Balaban J connectivity index is 1.29. The van der Waals surface area contributed by atoms with Crippen molar-refractivity contribution in [2.24, 2.45) is 5.92 Å². The van der Waals surface area contributed by atoms with Gasteiger partial charge in [-0.15, -0.1) is 0 Å². The molecule has 1 aliphatic heterocycles. The number of pyridine rings is 1. The van der Waals surface area contributed by atoms with E-state index in [1.54, 1.807) is 17.5 Å². The summed E-state index contributed by atoms with van der Waals surface area (Å²) in [7, 11) is 0. The van der Waals surface area contributed by atoms with Crippen LogP contribution in [0.3, 0.4) is 0 Å². The molecule has 128 valence electrons. The van der Waals surface area contributed by atoms with Crippen molar-refractivity contribution in [3.63, 3.8) is 0 Å². The van der Waals surface area contributed by atoms with Gasteiger partial charge in [0.15, 0.2) is 5.13 Å². The summed E-state index contributed by atoms with van der Waals surface area (Å²) in [6.07, 6.45) is 1.76. The number of amides is 1. The molecule has 2 aromatic heterocycles. The number of thiazole rings is 1. The van der Waals surface area contributed by atoms with Gasteiger partial charge in [-0.05, 0) is 36.4 Å². The lowest BCUT2D eigenvalue weighted by Gasteiger charge is -2.38. The largest absolute Gasteiger partial charge is 0.346 e. The Kier molecular flexibility index (Phi) is 3.57. The molecule has 0 atom stereocenters. The maximum absolute atomic E-state index is 12.6. The third-order valence-electron chi connectivity index (χ3n) is 4.71. The maximum Gasteiger partial charge on any atom is 0.231 e. The number of hydrogen-bond donors (Lipinski definition) is 1. The van der Waals surface area contributed by atoms with Crippen LogP contribution in [-0.2, 0) is 4.79 Å². The summed E-state index contributed by atoms with van der Waals surface area (Å²) in [5.74, 6) is 0.0349. The average Bonchev–Trinajstić information content (AvgIpc) is 3.04. The van der Waals surface area contributed by atoms with E-state index < -0.39 is 0 Å². The van der Waals surface area contributed by atoms with Crippen molar-refractivity contribution in [3.05, 3.63) is 60.8 Å². The van der Waals surface area contributed by atoms with Gasteiger partial charge in [-0.1, -0.05) is 29.5 Å². The fourth-order valence-electron chi connectivity index (χ4n) is 3.24. The van der Waals surface area contributed by atoms with Gasteiger partial charge in [0.1, 0.15) is 0 Å². The molecule has 1 N–H and O–H groups in total. The van der Waals surface area contributed by atoms with Crippen LogP contribution in [0, 0.1) is 5.92 Å². The first-order chi connectivity index (χ1) is 12.8. The van der Waals surface area contributed by atoms with Gasteiger partial charge in [0.2, 0.25) is 5.91 Å². The van der Waals surface area contributed by atoms with E-state index in [1.807, 2.05) is 48.5 Å². The van der Waals surface area contributed by atoms with E-state index in [2.05, 4.69) is 26.3 Å². The van der Waals surface area contributed by atoms with Crippen LogP contribution in [-0.4, -0.2) is 29.0 Å². The van der Waals surface area contributed by atoms with Gasteiger partial charge in [-0.3, -0.25) is 9.78 Å². The predicted octanol–water partition coefficient (Wildman–Crippen LogP) is 3.92. The normalized spacial score (nSPS) is 14.5. The van der Waals surface area contributed by atoms with Gasteiger partial charge >= 0.3 is 0 Å². The lowest BCUT2D eigenvalue weighted by Crippen LogP contribution is -2.52. The Bertz CT molecular complexity index is 1080. The SMILES string of the molecule is O=C(Nc1cccc2ncccc12)C1CN(c2nc3ccccc3s2)C1. The Morgan fingerprint density at radius 1 is 1.04 bits per heavy atom. The van der Waals surface area contributed by atoms with Gasteiger partial charge in [-0.25, -0.2) is 4.98 Å². The van der Waals surface area contributed by atoms with Crippen LogP contribution in [0.2, 0.25) is 0 Å². The van der Waals surface area contributed by atoms with Gasteiger partial charge in [0.25, 0.3) is 0 Å². The van der Waals surface area contributed by atoms with Crippen LogP contribution in [0.1, 0.15) is 0 Å². The Morgan fingerprint density at radius 2 is 1.88 bits per heavy atom. The molecule has 1 amide bonds. The minimum absolute atomic E-state index is 0.0195. The van der Waals surface area contributed by atoms with Gasteiger partial charge in [0, 0.05) is 24.7 Å². The number of hydrogen-bond acceptors (Lipinski definition) is 5. The minimum Gasteiger partial charge on any atom is -0.346 e. The molecular weight excluding hydrogens is 344 g/mol. The first-order valence-electron chi connectivity index (χ1n) is 8.53. The summed E-state index contributed by atoms with van der Waals surface area (Å²) in [6.45, 7) is 1.41. The van der Waals surface area contributed by atoms with Gasteiger partial charge < -0.3 is 10.2 Å². The molecule has 4 aromatic rings. The fraction of sp³-hybridized carbons (Fsp3) is 0.150. The lowest BCUT2D eigenvalue weighted by atomic mass is 9.99. The van der Waals surface area contributed by atoms with E-state index in [-0.39, 0.29) is 11.8 Å². The van der Waals surface area contributed by atoms with Crippen LogP contribution >= 0.6 is 11.3 Å². The number of benzene rings is 2. The van der Waals surface area contributed by atoms with Crippen molar-refractivity contribution >= 4 is 49.2 Å². The highest BCUT2D eigenvalue weighted by Crippen LogP contribution is 2.33. The molecule has 1 saturated heterocycles. The summed E-state index contributed by atoms with van der Waals surface area (Å²) >= 11 is 1.68. The molecule has 0 spiro atoms. The van der Waals surface area contributed by atoms with E-state index in [9.17, 15) is 4.79 Å². The molecule has 5 rings (SSSR count). The molecule has 1 aliphatic rings. The highest BCUT2D eigenvalue weighted by atomic mass is 32.1. The second kappa shape index (κ2) is 6.07. The zero-order valence-corrected chi connectivity index (χ0v) is 14.7. The zero-order chi connectivity index (χ0) is 17.5. The Hall–Kier alpha value is -2.99. The highest BCUT2D eigenvalue weighted by molar-refractivity contribution is 7.22. The minimum atomic E-state index is -0.0195. The molecule has 0 saturated carbocycles. The summed E-state index contributed by atoms with van der Waals surface area (Å²) in [4.78, 5) is 23.8. The van der Waals surface area contributed by atoms with Crippen molar-refractivity contribution in [1.82, 2.24) is 9.97 Å². The van der Waals surface area contributed by atoms with E-state index in [1.165, 1.54) is 4.70 Å². The molecule has 1 fully saturated rings. The first kappa shape index (κ1) is 15.3. The molecule has 0 bridgehead atoms.